The largest absolute Gasteiger partial charge is 0.353 e. The maximum absolute atomic E-state index is 12.6. The number of hydrogen-bond donors (Lipinski definition) is 0. The monoisotopic (exact) mass is 378 g/mol. The van der Waals surface area contributed by atoms with E-state index < -0.39 is 0 Å². The van der Waals surface area contributed by atoms with E-state index in [0.717, 1.165) is 62.8 Å². The smallest absolute Gasteiger partial charge is 0.225 e. The number of benzene rings is 1. The van der Waals surface area contributed by atoms with E-state index in [1.165, 1.54) is 23.1 Å². The van der Waals surface area contributed by atoms with Crippen molar-refractivity contribution in [3.63, 3.8) is 0 Å². The van der Waals surface area contributed by atoms with Crippen LogP contribution in [0.3, 0.4) is 0 Å². The highest BCUT2D eigenvalue weighted by molar-refractivity contribution is 5.80. The van der Waals surface area contributed by atoms with Gasteiger partial charge in [-0.3, -0.25) is 4.79 Å². The highest BCUT2D eigenvalue weighted by atomic mass is 16.2. The lowest BCUT2D eigenvalue weighted by atomic mass is 9.84. The molecule has 1 aromatic heterocycles. The summed E-state index contributed by atoms with van der Waals surface area (Å²) in [7, 11) is 0. The molecule has 2 aromatic rings. The van der Waals surface area contributed by atoms with E-state index in [-0.39, 0.29) is 5.92 Å². The highest BCUT2D eigenvalue weighted by Crippen LogP contribution is 2.30. The molecule has 0 spiro atoms. The molecular formula is C23H30N4O. The lowest BCUT2D eigenvalue weighted by Crippen LogP contribution is -2.51. The van der Waals surface area contributed by atoms with Crippen molar-refractivity contribution in [1.82, 2.24) is 14.9 Å². The first-order valence-corrected chi connectivity index (χ1v) is 10.4. The van der Waals surface area contributed by atoms with E-state index in [1.54, 1.807) is 0 Å². The summed E-state index contributed by atoms with van der Waals surface area (Å²) >= 11 is 0. The van der Waals surface area contributed by atoms with Gasteiger partial charge in [-0.05, 0) is 39.2 Å². The molecule has 1 saturated carbocycles. The summed E-state index contributed by atoms with van der Waals surface area (Å²) in [5.41, 5.74) is 4.82. The second-order valence-electron chi connectivity index (χ2n) is 8.26. The fourth-order valence-corrected chi connectivity index (χ4v) is 4.26. The summed E-state index contributed by atoms with van der Waals surface area (Å²) in [6.07, 6.45) is 4.19. The van der Waals surface area contributed by atoms with Crippen molar-refractivity contribution in [2.24, 2.45) is 5.92 Å². The van der Waals surface area contributed by atoms with Gasteiger partial charge in [0, 0.05) is 49.8 Å². The molecule has 2 heterocycles. The summed E-state index contributed by atoms with van der Waals surface area (Å²) in [4.78, 5) is 26.4. The van der Waals surface area contributed by atoms with Crippen molar-refractivity contribution >= 4 is 11.7 Å². The van der Waals surface area contributed by atoms with Crippen LogP contribution in [-0.4, -0.2) is 47.0 Å². The van der Waals surface area contributed by atoms with E-state index in [4.69, 9.17) is 4.98 Å². The molecule has 28 heavy (non-hydrogen) atoms. The van der Waals surface area contributed by atoms with Gasteiger partial charge in [-0.2, -0.15) is 0 Å². The Kier molecular flexibility index (Phi) is 5.33. The Morgan fingerprint density at radius 1 is 1.07 bits per heavy atom. The van der Waals surface area contributed by atoms with Crippen LogP contribution in [0.5, 0.6) is 0 Å². The maximum Gasteiger partial charge on any atom is 0.225 e. The Labute approximate surface area is 167 Å². The minimum atomic E-state index is 0.284. The molecule has 1 saturated heterocycles. The van der Waals surface area contributed by atoms with Gasteiger partial charge in [-0.25, -0.2) is 9.97 Å². The summed E-state index contributed by atoms with van der Waals surface area (Å²) in [5.74, 6) is 2.50. The molecule has 2 aliphatic rings. The number of carbonyl (C=O) groups excluding carboxylic acids is 1. The van der Waals surface area contributed by atoms with Crippen LogP contribution < -0.4 is 4.90 Å². The number of nitrogens with zero attached hydrogens (tertiary/aromatic N) is 4. The van der Waals surface area contributed by atoms with Crippen molar-refractivity contribution in [3.8, 4) is 0 Å². The number of carbonyl (C=O) groups is 1. The van der Waals surface area contributed by atoms with Gasteiger partial charge in [0.25, 0.3) is 0 Å². The lowest BCUT2D eigenvalue weighted by molar-refractivity contribution is -0.138. The zero-order valence-electron chi connectivity index (χ0n) is 17.2. The molecule has 0 bridgehead atoms. The zero-order chi connectivity index (χ0) is 19.7. The van der Waals surface area contributed by atoms with Crippen molar-refractivity contribution in [3.05, 3.63) is 52.5 Å². The lowest BCUT2D eigenvalue weighted by Gasteiger charge is -2.39. The molecule has 0 unspecified atom stereocenters. The third-order valence-corrected chi connectivity index (χ3v) is 6.11. The topological polar surface area (TPSA) is 49.3 Å². The fourth-order valence-electron chi connectivity index (χ4n) is 4.26. The van der Waals surface area contributed by atoms with E-state index >= 15 is 0 Å². The standard InChI is InChI=1S/C23H30N4O/c1-16-6-4-7-19(14-16)15-21-17(2)24-18(3)25-22(21)26-10-12-27(13-11-26)23(28)20-8-5-9-20/h4,6-7,14,20H,5,8-13,15H2,1-3H3. The molecule has 1 aliphatic heterocycles. The number of amides is 1. The summed E-state index contributed by atoms with van der Waals surface area (Å²) < 4.78 is 0. The van der Waals surface area contributed by atoms with Crippen LogP contribution in [0.15, 0.2) is 24.3 Å². The van der Waals surface area contributed by atoms with Crippen molar-refractivity contribution < 1.29 is 4.79 Å². The summed E-state index contributed by atoms with van der Waals surface area (Å²) in [5, 5.41) is 0. The first-order valence-electron chi connectivity index (χ1n) is 10.4. The first kappa shape index (κ1) is 18.9. The molecule has 0 N–H and O–H groups in total. The van der Waals surface area contributed by atoms with Gasteiger partial charge in [0.2, 0.25) is 5.91 Å². The van der Waals surface area contributed by atoms with Crippen molar-refractivity contribution in [1.29, 1.82) is 0 Å². The van der Waals surface area contributed by atoms with Crippen molar-refractivity contribution in [2.45, 2.75) is 46.5 Å². The van der Waals surface area contributed by atoms with Crippen molar-refractivity contribution in [2.75, 3.05) is 31.1 Å². The second kappa shape index (κ2) is 7.90. The minimum Gasteiger partial charge on any atom is -0.353 e. The molecule has 148 valence electrons. The first-order chi connectivity index (χ1) is 13.5. The van der Waals surface area contributed by atoms with E-state index in [1.807, 2.05) is 6.92 Å². The average molecular weight is 379 g/mol. The van der Waals surface area contributed by atoms with E-state index in [2.05, 4.69) is 52.9 Å². The number of hydrogen-bond acceptors (Lipinski definition) is 4. The van der Waals surface area contributed by atoms with Gasteiger partial charge in [0.1, 0.15) is 11.6 Å². The molecule has 4 rings (SSSR count). The normalized spacial score (nSPS) is 17.5. The molecule has 1 amide bonds. The second-order valence-corrected chi connectivity index (χ2v) is 8.26. The highest BCUT2D eigenvalue weighted by Gasteiger charge is 2.32. The number of anilines is 1. The van der Waals surface area contributed by atoms with Gasteiger partial charge in [-0.1, -0.05) is 36.2 Å². The third-order valence-electron chi connectivity index (χ3n) is 6.11. The van der Waals surface area contributed by atoms with E-state index in [0.29, 0.717) is 5.91 Å². The molecule has 1 aliphatic carbocycles. The Morgan fingerprint density at radius 3 is 2.46 bits per heavy atom. The SMILES string of the molecule is Cc1cccc(Cc2c(C)nc(C)nc2N2CCN(C(=O)C3CCC3)CC2)c1. The van der Waals surface area contributed by atoms with Gasteiger partial charge in [0.15, 0.2) is 0 Å². The fraction of sp³-hybridized carbons (Fsp3) is 0.522. The van der Waals surface area contributed by atoms with Crippen LogP contribution in [0.4, 0.5) is 5.82 Å². The van der Waals surface area contributed by atoms with Crippen LogP contribution in [0, 0.1) is 26.7 Å². The maximum atomic E-state index is 12.6. The number of aryl methyl sites for hydroxylation is 3. The average Bonchev–Trinajstić information content (AvgIpc) is 2.62. The van der Waals surface area contributed by atoms with Crippen LogP contribution in [0.25, 0.3) is 0 Å². The van der Waals surface area contributed by atoms with Gasteiger partial charge in [0.05, 0.1) is 0 Å². The Morgan fingerprint density at radius 2 is 1.82 bits per heavy atom. The predicted molar refractivity (Wildman–Crippen MR) is 112 cm³/mol. The zero-order valence-corrected chi connectivity index (χ0v) is 17.2. The van der Waals surface area contributed by atoms with Gasteiger partial charge < -0.3 is 9.80 Å². The Hall–Kier alpha value is -2.43. The van der Waals surface area contributed by atoms with Gasteiger partial charge >= 0.3 is 0 Å². The molecule has 1 aromatic carbocycles. The Bertz CT molecular complexity index is 867. The van der Waals surface area contributed by atoms with Crippen LogP contribution in [0.1, 0.15) is 47.5 Å². The molecule has 5 nitrogen and oxygen atoms in total. The summed E-state index contributed by atoms with van der Waals surface area (Å²) in [6, 6.07) is 8.64. The third kappa shape index (κ3) is 3.89. The van der Waals surface area contributed by atoms with Crippen LogP contribution in [-0.2, 0) is 11.2 Å². The Balaban J connectivity index is 1.53. The molecule has 0 atom stereocenters. The number of rotatable bonds is 4. The number of aromatic nitrogens is 2. The van der Waals surface area contributed by atoms with Gasteiger partial charge in [-0.15, -0.1) is 0 Å². The van der Waals surface area contributed by atoms with Crippen LogP contribution >= 0.6 is 0 Å². The summed E-state index contributed by atoms with van der Waals surface area (Å²) in [6.45, 7) is 9.44. The minimum absolute atomic E-state index is 0.284. The molecule has 0 radical (unpaired) electrons. The molecule has 5 heteroatoms. The quantitative estimate of drug-likeness (QED) is 0.818. The van der Waals surface area contributed by atoms with E-state index in [9.17, 15) is 4.79 Å². The molecule has 2 fully saturated rings. The predicted octanol–water partition coefficient (Wildman–Crippen LogP) is 3.44. The molecular weight excluding hydrogens is 348 g/mol. The number of piperazine rings is 1. The van der Waals surface area contributed by atoms with Crippen LogP contribution in [0.2, 0.25) is 0 Å².